The van der Waals surface area contributed by atoms with E-state index in [-0.39, 0.29) is 0 Å². The minimum atomic E-state index is -4.31. The van der Waals surface area contributed by atoms with Crippen LogP contribution in [0, 0.1) is 0 Å². The average Bonchev–Trinajstić information content (AvgIpc) is 2.24. The van der Waals surface area contributed by atoms with Crippen LogP contribution in [0.4, 0.5) is 13.2 Å². The molecule has 0 saturated heterocycles. The fraction of sp³-hybridized carbons (Fsp3) is 0.400. The highest BCUT2D eigenvalue weighted by Gasteiger charge is 2.29. The van der Waals surface area contributed by atoms with Crippen molar-refractivity contribution >= 4 is 0 Å². The minimum absolute atomic E-state index is 0.348. The van der Waals surface area contributed by atoms with E-state index in [1.165, 1.54) is 12.1 Å². The topological polar surface area (TPSA) is 44.5 Å². The molecular weight excluding hydrogens is 223 g/mol. The Morgan fingerprint density at radius 3 is 2.19 bits per heavy atom. The minimum Gasteiger partial charge on any atom is -0.494 e. The summed E-state index contributed by atoms with van der Waals surface area (Å²) in [4.78, 5) is 4.31. The molecule has 0 aliphatic rings. The lowest BCUT2D eigenvalue weighted by Gasteiger charge is -2.08. The molecule has 0 bridgehead atoms. The molecule has 0 saturated carbocycles. The van der Waals surface area contributed by atoms with Gasteiger partial charge in [0, 0.05) is 6.42 Å². The van der Waals surface area contributed by atoms with E-state index in [1.807, 2.05) is 0 Å². The summed E-state index contributed by atoms with van der Waals surface area (Å²) in [5.74, 6) is 5.19. The predicted octanol–water partition coefficient (Wildman–Crippen LogP) is 2.36. The molecule has 0 fully saturated rings. The fourth-order valence-electron chi connectivity index (χ4n) is 1.07. The summed E-state index contributed by atoms with van der Waals surface area (Å²) in [6.45, 7) is 0.698. The quantitative estimate of drug-likeness (QED) is 0.629. The normalized spacial score (nSPS) is 11.5. The Kier molecular flexibility index (Phi) is 4.57. The Morgan fingerprint density at radius 1 is 1.06 bits per heavy atom. The highest BCUT2D eigenvalue weighted by atomic mass is 19.4. The van der Waals surface area contributed by atoms with Crippen LogP contribution in [0.1, 0.15) is 12.0 Å². The van der Waals surface area contributed by atoms with Gasteiger partial charge in [0.25, 0.3) is 0 Å². The van der Waals surface area contributed by atoms with Gasteiger partial charge in [0.2, 0.25) is 0 Å². The maximum absolute atomic E-state index is 12.2. The second-order valence-corrected chi connectivity index (χ2v) is 3.09. The molecule has 0 aliphatic carbocycles. The Morgan fingerprint density at radius 2 is 1.69 bits per heavy atom. The zero-order valence-corrected chi connectivity index (χ0v) is 8.46. The third-order valence-corrected chi connectivity index (χ3v) is 1.86. The zero-order valence-electron chi connectivity index (χ0n) is 8.46. The standard InChI is InChI=1S/C10H12F3NO2/c11-10(12,13)8-2-4-9(5-3-8)15-6-1-7-16-14/h2-5H,1,6-7,14H2. The van der Waals surface area contributed by atoms with E-state index in [1.54, 1.807) is 0 Å². The maximum Gasteiger partial charge on any atom is 0.416 e. The van der Waals surface area contributed by atoms with E-state index in [9.17, 15) is 13.2 Å². The van der Waals surface area contributed by atoms with E-state index in [0.29, 0.717) is 25.4 Å². The van der Waals surface area contributed by atoms with Crippen LogP contribution in [0.15, 0.2) is 24.3 Å². The molecule has 1 rings (SSSR count). The molecule has 0 unspecified atom stereocenters. The first kappa shape index (κ1) is 12.8. The molecule has 2 N–H and O–H groups in total. The first-order valence-electron chi connectivity index (χ1n) is 4.66. The summed E-state index contributed by atoms with van der Waals surface area (Å²) in [6, 6.07) is 4.53. The van der Waals surface area contributed by atoms with Crippen molar-refractivity contribution in [2.24, 2.45) is 5.90 Å². The van der Waals surface area contributed by atoms with Crippen molar-refractivity contribution in [3.8, 4) is 5.75 Å². The highest BCUT2D eigenvalue weighted by Crippen LogP contribution is 2.30. The molecule has 0 heterocycles. The van der Waals surface area contributed by atoms with E-state index in [2.05, 4.69) is 4.84 Å². The van der Waals surface area contributed by atoms with Gasteiger partial charge < -0.3 is 9.57 Å². The molecule has 16 heavy (non-hydrogen) atoms. The van der Waals surface area contributed by atoms with Crippen molar-refractivity contribution in [1.29, 1.82) is 0 Å². The molecule has 0 amide bonds. The first-order valence-corrected chi connectivity index (χ1v) is 4.66. The lowest BCUT2D eigenvalue weighted by atomic mass is 10.2. The molecular formula is C10H12F3NO2. The van der Waals surface area contributed by atoms with Crippen molar-refractivity contribution < 1.29 is 22.7 Å². The molecule has 0 aromatic heterocycles. The Labute approximate surface area is 90.9 Å². The number of rotatable bonds is 5. The number of halogens is 3. The summed E-state index contributed by atoms with van der Waals surface area (Å²) in [5.41, 5.74) is -0.690. The van der Waals surface area contributed by atoms with Crippen molar-refractivity contribution in [3.05, 3.63) is 29.8 Å². The van der Waals surface area contributed by atoms with Gasteiger partial charge in [-0.25, -0.2) is 5.90 Å². The lowest BCUT2D eigenvalue weighted by Crippen LogP contribution is -2.07. The number of hydrogen-bond donors (Lipinski definition) is 1. The Balaban J connectivity index is 2.46. The van der Waals surface area contributed by atoms with Gasteiger partial charge >= 0.3 is 6.18 Å². The molecule has 0 aliphatic heterocycles. The maximum atomic E-state index is 12.2. The molecule has 0 radical (unpaired) electrons. The van der Waals surface area contributed by atoms with Crippen LogP contribution in [0.25, 0.3) is 0 Å². The third-order valence-electron chi connectivity index (χ3n) is 1.86. The lowest BCUT2D eigenvalue weighted by molar-refractivity contribution is -0.137. The van der Waals surface area contributed by atoms with Gasteiger partial charge in [0.15, 0.2) is 0 Å². The van der Waals surface area contributed by atoms with Gasteiger partial charge in [-0.05, 0) is 24.3 Å². The summed E-state index contributed by atoms with van der Waals surface area (Å²) < 4.78 is 41.8. The summed E-state index contributed by atoms with van der Waals surface area (Å²) in [6.07, 6.45) is -3.73. The number of hydrogen-bond acceptors (Lipinski definition) is 3. The molecule has 1 aromatic rings. The van der Waals surface area contributed by atoms with Crippen LogP contribution >= 0.6 is 0 Å². The predicted molar refractivity (Wildman–Crippen MR) is 51.7 cm³/mol. The summed E-state index contributed by atoms with van der Waals surface area (Å²) in [7, 11) is 0. The van der Waals surface area contributed by atoms with Crippen molar-refractivity contribution in [2.75, 3.05) is 13.2 Å². The number of alkyl halides is 3. The zero-order chi connectivity index (χ0) is 12.0. The number of ether oxygens (including phenoxy) is 1. The number of nitrogens with two attached hydrogens (primary N) is 1. The van der Waals surface area contributed by atoms with Gasteiger partial charge in [-0.2, -0.15) is 13.2 Å². The van der Waals surface area contributed by atoms with E-state index >= 15 is 0 Å². The molecule has 90 valence electrons. The van der Waals surface area contributed by atoms with Crippen LogP contribution in [-0.4, -0.2) is 13.2 Å². The SMILES string of the molecule is NOCCCOc1ccc(C(F)(F)F)cc1. The van der Waals surface area contributed by atoms with E-state index in [4.69, 9.17) is 10.6 Å². The van der Waals surface area contributed by atoms with E-state index in [0.717, 1.165) is 12.1 Å². The van der Waals surface area contributed by atoms with Crippen LogP contribution in [0.5, 0.6) is 5.75 Å². The van der Waals surface area contributed by atoms with Crippen molar-refractivity contribution in [1.82, 2.24) is 0 Å². The van der Waals surface area contributed by atoms with E-state index < -0.39 is 11.7 Å². The summed E-state index contributed by atoms with van der Waals surface area (Å²) >= 11 is 0. The Bertz CT molecular complexity index is 311. The monoisotopic (exact) mass is 235 g/mol. The smallest absolute Gasteiger partial charge is 0.416 e. The first-order chi connectivity index (χ1) is 7.54. The number of benzene rings is 1. The summed E-state index contributed by atoms with van der Waals surface area (Å²) in [5, 5.41) is 0. The second kappa shape index (κ2) is 5.72. The molecule has 0 spiro atoms. The average molecular weight is 235 g/mol. The van der Waals surface area contributed by atoms with Gasteiger partial charge in [0.1, 0.15) is 5.75 Å². The van der Waals surface area contributed by atoms with Crippen LogP contribution in [0.2, 0.25) is 0 Å². The van der Waals surface area contributed by atoms with Gasteiger partial charge in [-0.15, -0.1) is 0 Å². The Hall–Kier alpha value is -1.27. The van der Waals surface area contributed by atoms with Crippen LogP contribution in [0.3, 0.4) is 0 Å². The fourth-order valence-corrected chi connectivity index (χ4v) is 1.07. The van der Waals surface area contributed by atoms with Gasteiger partial charge in [0.05, 0.1) is 18.8 Å². The molecule has 3 nitrogen and oxygen atoms in total. The van der Waals surface area contributed by atoms with Gasteiger partial charge in [-0.1, -0.05) is 0 Å². The van der Waals surface area contributed by atoms with Crippen LogP contribution in [-0.2, 0) is 11.0 Å². The second-order valence-electron chi connectivity index (χ2n) is 3.09. The largest absolute Gasteiger partial charge is 0.494 e. The van der Waals surface area contributed by atoms with Crippen molar-refractivity contribution in [2.45, 2.75) is 12.6 Å². The molecule has 6 heteroatoms. The molecule has 0 atom stereocenters. The highest BCUT2D eigenvalue weighted by molar-refractivity contribution is 5.28. The molecule has 1 aromatic carbocycles. The van der Waals surface area contributed by atoms with Gasteiger partial charge in [-0.3, -0.25) is 0 Å². The van der Waals surface area contributed by atoms with Crippen molar-refractivity contribution in [3.63, 3.8) is 0 Å². The van der Waals surface area contributed by atoms with Crippen LogP contribution < -0.4 is 10.6 Å². The third kappa shape index (κ3) is 4.08.